The SMILES string of the molecule is COC1CCCC(OCCCC(C)(NC2CC2)C(N)=O)C1. The zero-order chi connectivity index (χ0) is 15.3. The molecule has 2 fully saturated rings. The molecule has 21 heavy (non-hydrogen) atoms. The molecule has 2 saturated carbocycles. The zero-order valence-corrected chi connectivity index (χ0v) is 13.4. The van der Waals surface area contributed by atoms with E-state index < -0.39 is 5.54 Å². The van der Waals surface area contributed by atoms with Crippen molar-refractivity contribution in [3.8, 4) is 0 Å². The molecule has 3 unspecified atom stereocenters. The molecule has 3 N–H and O–H groups in total. The molecule has 0 aromatic rings. The van der Waals surface area contributed by atoms with Crippen LogP contribution in [0.3, 0.4) is 0 Å². The van der Waals surface area contributed by atoms with Gasteiger partial charge in [-0.25, -0.2) is 0 Å². The number of nitrogens with two attached hydrogens (primary N) is 1. The van der Waals surface area contributed by atoms with E-state index in [0.29, 0.717) is 24.9 Å². The van der Waals surface area contributed by atoms with Crippen molar-refractivity contribution < 1.29 is 14.3 Å². The molecule has 0 aliphatic heterocycles. The molecule has 5 nitrogen and oxygen atoms in total. The largest absolute Gasteiger partial charge is 0.381 e. The van der Waals surface area contributed by atoms with E-state index in [1.54, 1.807) is 7.11 Å². The van der Waals surface area contributed by atoms with Gasteiger partial charge < -0.3 is 20.5 Å². The van der Waals surface area contributed by atoms with Crippen molar-refractivity contribution in [1.82, 2.24) is 5.32 Å². The topological polar surface area (TPSA) is 73.6 Å². The molecule has 2 aliphatic rings. The molecule has 122 valence electrons. The van der Waals surface area contributed by atoms with Gasteiger partial charge in [-0.3, -0.25) is 4.79 Å². The molecule has 0 radical (unpaired) electrons. The predicted octanol–water partition coefficient (Wildman–Crippen LogP) is 1.74. The highest BCUT2D eigenvalue weighted by molar-refractivity contribution is 5.84. The van der Waals surface area contributed by atoms with Gasteiger partial charge in [-0.05, 0) is 58.3 Å². The average molecular weight is 298 g/mol. The lowest BCUT2D eigenvalue weighted by molar-refractivity contribution is -0.124. The molecule has 0 aromatic carbocycles. The summed E-state index contributed by atoms with van der Waals surface area (Å²) in [5.41, 5.74) is 4.96. The van der Waals surface area contributed by atoms with Crippen LogP contribution in [0.4, 0.5) is 0 Å². The Bertz CT molecular complexity index is 346. The number of nitrogens with one attached hydrogen (secondary N) is 1. The van der Waals surface area contributed by atoms with E-state index in [4.69, 9.17) is 15.2 Å². The Morgan fingerprint density at radius 1 is 1.29 bits per heavy atom. The Kier molecular flexibility index (Phi) is 6.02. The van der Waals surface area contributed by atoms with E-state index in [1.807, 2.05) is 6.92 Å². The maximum atomic E-state index is 11.7. The Morgan fingerprint density at radius 2 is 2.00 bits per heavy atom. The smallest absolute Gasteiger partial charge is 0.237 e. The van der Waals surface area contributed by atoms with Crippen LogP contribution in [0.1, 0.15) is 58.3 Å². The van der Waals surface area contributed by atoms with Crippen molar-refractivity contribution in [3.63, 3.8) is 0 Å². The van der Waals surface area contributed by atoms with Crippen molar-refractivity contribution >= 4 is 5.91 Å². The number of hydrogen-bond acceptors (Lipinski definition) is 4. The van der Waals surface area contributed by atoms with E-state index in [9.17, 15) is 4.79 Å². The highest BCUT2D eigenvalue weighted by Crippen LogP contribution is 2.26. The Labute approximate surface area is 127 Å². The van der Waals surface area contributed by atoms with Crippen LogP contribution in [0.15, 0.2) is 0 Å². The summed E-state index contributed by atoms with van der Waals surface area (Å²) in [6.07, 6.45) is 8.96. The third-order valence-electron chi connectivity index (χ3n) is 4.73. The van der Waals surface area contributed by atoms with Crippen molar-refractivity contribution in [3.05, 3.63) is 0 Å². The Morgan fingerprint density at radius 3 is 2.62 bits per heavy atom. The summed E-state index contributed by atoms with van der Waals surface area (Å²) in [5, 5.41) is 3.37. The minimum Gasteiger partial charge on any atom is -0.381 e. The van der Waals surface area contributed by atoms with Gasteiger partial charge in [0, 0.05) is 19.8 Å². The van der Waals surface area contributed by atoms with Crippen molar-refractivity contribution in [1.29, 1.82) is 0 Å². The second-order valence-electron chi connectivity index (χ2n) is 6.74. The van der Waals surface area contributed by atoms with E-state index in [1.165, 1.54) is 6.42 Å². The molecule has 2 rings (SSSR count). The number of methoxy groups -OCH3 is 1. The Hall–Kier alpha value is -0.650. The third-order valence-corrected chi connectivity index (χ3v) is 4.73. The monoisotopic (exact) mass is 298 g/mol. The number of carbonyl (C=O) groups is 1. The van der Waals surface area contributed by atoms with Crippen LogP contribution in [0, 0.1) is 0 Å². The fourth-order valence-electron chi connectivity index (χ4n) is 3.09. The van der Waals surface area contributed by atoms with E-state index >= 15 is 0 Å². The lowest BCUT2D eigenvalue weighted by atomic mass is 9.94. The first kappa shape index (κ1) is 16.7. The van der Waals surface area contributed by atoms with Crippen LogP contribution in [0.25, 0.3) is 0 Å². The summed E-state index contributed by atoms with van der Waals surface area (Å²) in [5.74, 6) is -0.258. The van der Waals surface area contributed by atoms with Gasteiger partial charge in [-0.2, -0.15) is 0 Å². The molecular weight excluding hydrogens is 268 g/mol. The quantitative estimate of drug-likeness (QED) is 0.636. The number of ether oxygens (including phenoxy) is 2. The second kappa shape index (κ2) is 7.56. The number of primary amides is 1. The van der Waals surface area contributed by atoms with Crippen LogP contribution >= 0.6 is 0 Å². The molecule has 0 saturated heterocycles. The number of hydrogen-bond donors (Lipinski definition) is 2. The lowest BCUT2D eigenvalue weighted by Gasteiger charge is -2.30. The highest BCUT2D eigenvalue weighted by atomic mass is 16.5. The number of carbonyl (C=O) groups excluding carboxylic acids is 1. The summed E-state index contributed by atoms with van der Waals surface area (Å²) in [6, 6.07) is 0.476. The van der Waals surface area contributed by atoms with Crippen molar-refractivity contribution in [2.45, 2.75) is 82.1 Å². The minimum atomic E-state index is -0.591. The summed E-state index contributed by atoms with van der Waals surface area (Å²) in [7, 11) is 1.77. The number of amides is 1. The molecular formula is C16H30N2O3. The predicted molar refractivity (Wildman–Crippen MR) is 82.0 cm³/mol. The van der Waals surface area contributed by atoms with Crippen LogP contribution in [0.5, 0.6) is 0 Å². The summed E-state index contributed by atoms with van der Waals surface area (Å²) >= 11 is 0. The van der Waals surface area contributed by atoms with E-state index in [2.05, 4.69) is 5.32 Å². The van der Waals surface area contributed by atoms with Gasteiger partial charge in [0.1, 0.15) is 0 Å². The fraction of sp³-hybridized carbons (Fsp3) is 0.938. The molecule has 2 aliphatic carbocycles. The van der Waals surface area contributed by atoms with Crippen LogP contribution in [-0.4, -0.2) is 43.4 Å². The maximum Gasteiger partial charge on any atom is 0.237 e. The van der Waals surface area contributed by atoms with Crippen molar-refractivity contribution in [2.75, 3.05) is 13.7 Å². The van der Waals surface area contributed by atoms with Gasteiger partial charge in [-0.1, -0.05) is 0 Å². The molecule has 5 heteroatoms. The second-order valence-corrected chi connectivity index (χ2v) is 6.74. The van der Waals surface area contributed by atoms with Gasteiger partial charge in [0.25, 0.3) is 0 Å². The molecule has 0 spiro atoms. The van der Waals surface area contributed by atoms with Gasteiger partial charge in [0.05, 0.1) is 17.7 Å². The van der Waals surface area contributed by atoms with Gasteiger partial charge in [0.2, 0.25) is 5.91 Å². The highest BCUT2D eigenvalue weighted by Gasteiger charge is 2.36. The molecule has 3 atom stereocenters. The molecule has 0 bridgehead atoms. The average Bonchev–Trinajstić information content (AvgIpc) is 3.27. The summed E-state index contributed by atoms with van der Waals surface area (Å²) < 4.78 is 11.4. The lowest BCUT2D eigenvalue weighted by Crippen LogP contribution is -2.54. The molecule has 1 amide bonds. The molecule has 0 aromatic heterocycles. The van der Waals surface area contributed by atoms with Gasteiger partial charge in [0.15, 0.2) is 0 Å². The fourth-order valence-corrected chi connectivity index (χ4v) is 3.09. The minimum absolute atomic E-state index is 0.258. The van der Waals surface area contributed by atoms with E-state index in [0.717, 1.165) is 44.9 Å². The first-order valence-corrected chi connectivity index (χ1v) is 8.25. The third kappa shape index (κ3) is 5.24. The first-order chi connectivity index (χ1) is 10.0. The maximum absolute atomic E-state index is 11.7. The normalized spacial score (nSPS) is 29.0. The van der Waals surface area contributed by atoms with Gasteiger partial charge in [-0.15, -0.1) is 0 Å². The standard InChI is InChI=1S/C16H30N2O3/c1-16(15(17)19,18-12-7-8-12)9-4-10-21-14-6-3-5-13(11-14)20-2/h12-14,18H,3-11H2,1-2H3,(H2,17,19). The summed E-state index contributed by atoms with van der Waals surface area (Å²) in [4.78, 5) is 11.7. The molecule has 0 heterocycles. The van der Waals surface area contributed by atoms with Crippen molar-refractivity contribution in [2.24, 2.45) is 5.73 Å². The van der Waals surface area contributed by atoms with E-state index in [-0.39, 0.29) is 5.91 Å². The van der Waals surface area contributed by atoms with Crippen LogP contribution < -0.4 is 11.1 Å². The van der Waals surface area contributed by atoms with Crippen LogP contribution in [-0.2, 0) is 14.3 Å². The zero-order valence-electron chi connectivity index (χ0n) is 13.4. The Balaban J connectivity index is 1.66. The summed E-state index contributed by atoms with van der Waals surface area (Å²) in [6.45, 7) is 2.60. The number of rotatable bonds is 9. The van der Waals surface area contributed by atoms with Gasteiger partial charge >= 0.3 is 0 Å². The van der Waals surface area contributed by atoms with Crippen LogP contribution in [0.2, 0.25) is 0 Å². The first-order valence-electron chi connectivity index (χ1n) is 8.25.